The molecule has 5 nitrogen and oxygen atoms in total. The first-order valence-electron chi connectivity index (χ1n) is 9.38. The lowest BCUT2D eigenvalue weighted by molar-refractivity contribution is 0.102. The molecule has 1 aliphatic carbocycles. The van der Waals surface area contributed by atoms with E-state index in [1.165, 1.54) is 0 Å². The Bertz CT molecular complexity index is 1190. The van der Waals surface area contributed by atoms with Gasteiger partial charge in [0.25, 0.3) is 0 Å². The fourth-order valence-electron chi connectivity index (χ4n) is 4.00. The molecular formula is C23H20N2O3. The quantitative estimate of drug-likeness (QED) is 0.566. The number of nitrogens with one attached hydrogen (secondary N) is 1. The number of carbonyl (C=O) groups is 1. The van der Waals surface area contributed by atoms with Crippen molar-refractivity contribution in [2.24, 2.45) is 0 Å². The number of hydrogen-bond donors (Lipinski definition) is 1. The third-order valence-corrected chi connectivity index (χ3v) is 5.46. The van der Waals surface area contributed by atoms with E-state index < -0.39 is 5.41 Å². The molecule has 28 heavy (non-hydrogen) atoms. The minimum Gasteiger partial charge on any atom is -0.493 e. The molecule has 0 atom stereocenters. The maximum absolute atomic E-state index is 13.2. The Kier molecular flexibility index (Phi) is 3.66. The van der Waals surface area contributed by atoms with Crippen molar-refractivity contribution < 1.29 is 13.9 Å². The van der Waals surface area contributed by atoms with Crippen LogP contribution < -0.4 is 4.74 Å². The second-order valence-corrected chi connectivity index (χ2v) is 7.60. The van der Waals surface area contributed by atoms with E-state index in [1.807, 2.05) is 42.5 Å². The Morgan fingerprint density at radius 2 is 2.04 bits per heavy atom. The Hall–Kier alpha value is -3.34. The number of H-pyrrole nitrogens is 1. The van der Waals surface area contributed by atoms with E-state index in [0.29, 0.717) is 24.2 Å². The number of aromatic amines is 1. The van der Waals surface area contributed by atoms with Crippen molar-refractivity contribution >= 4 is 16.8 Å². The lowest BCUT2D eigenvalue weighted by atomic mass is 9.72. The average Bonchev–Trinajstić information content (AvgIpc) is 3.34. The number of furan rings is 1. The van der Waals surface area contributed by atoms with Gasteiger partial charge in [0.1, 0.15) is 22.9 Å². The summed E-state index contributed by atoms with van der Waals surface area (Å²) < 4.78 is 12.0. The van der Waals surface area contributed by atoms with E-state index in [-0.39, 0.29) is 5.78 Å². The van der Waals surface area contributed by atoms with Crippen molar-refractivity contribution in [1.82, 2.24) is 9.97 Å². The van der Waals surface area contributed by atoms with Crippen LogP contribution in [-0.4, -0.2) is 22.4 Å². The van der Waals surface area contributed by atoms with Crippen LogP contribution in [0.2, 0.25) is 0 Å². The summed E-state index contributed by atoms with van der Waals surface area (Å²) in [6.07, 6.45) is 4.22. The molecule has 4 aromatic rings. The van der Waals surface area contributed by atoms with Gasteiger partial charge in [-0.3, -0.25) is 4.79 Å². The smallest absolute Gasteiger partial charge is 0.197 e. The van der Waals surface area contributed by atoms with E-state index >= 15 is 0 Å². The summed E-state index contributed by atoms with van der Waals surface area (Å²) >= 11 is 0. The molecule has 0 amide bonds. The zero-order chi connectivity index (χ0) is 19.3. The number of para-hydroxylation sites is 1. The van der Waals surface area contributed by atoms with Crippen molar-refractivity contribution in [3.63, 3.8) is 0 Å². The normalized spacial score (nSPS) is 14.7. The molecule has 0 saturated heterocycles. The van der Waals surface area contributed by atoms with Gasteiger partial charge >= 0.3 is 0 Å². The molecule has 0 unspecified atom stereocenters. The highest BCUT2D eigenvalue weighted by Gasteiger charge is 2.41. The highest BCUT2D eigenvalue weighted by atomic mass is 16.5. The van der Waals surface area contributed by atoms with Gasteiger partial charge in [-0.25, -0.2) is 4.98 Å². The minimum atomic E-state index is -0.433. The van der Waals surface area contributed by atoms with Crippen LogP contribution in [0.5, 0.6) is 5.75 Å². The van der Waals surface area contributed by atoms with Gasteiger partial charge < -0.3 is 14.1 Å². The van der Waals surface area contributed by atoms with Crippen LogP contribution in [0.3, 0.4) is 0 Å². The number of carbonyl (C=O) groups excluding carboxylic acids is 1. The van der Waals surface area contributed by atoms with Crippen LogP contribution >= 0.6 is 0 Å². The molecule has 0 radical (unpaired) electrons. The molecule has 2 heterocycles. The number of hydrogen-bond acceptors (Lipinski definition) is 4. The van der Waals surface area contributed by atoms with Gasteiger partial charge in [-0.2, -0.15) is 0 Å². The van der Waals surface area contributed by atoms with Crippen molar-refractivity contribution in [3.05, 3.63) is 83.1 Å². The highest BCUT2D eigenvalue weighted by molar-refractivity contribution is 6.19. The van der Waals surface area contributed by atoms with Crippen LogP contribution in [-0.2, 0) is 11.8 Å². The number of imidazole rings is 1. The summed E-state index contributed by atoms with van der Waals surface area (Å²) in [7, 11) is 0. The molecule has 1 N–H and O–H groups in total. The summed E-state index contributed by atoms with van der Waals surface area (Å²) in [6.45, 7) is 4.69. The molecule has 0 fully saturated rings. The van der Waals surface area contributed by atoms with Crippen LogP contribution in [0, 0.1) is 0 Å². The number of aromatic nitrogens is 2. The standard InChI is InChI=1S/C23H20N2O3/c1-23(2)17-13-14(27-12-9-19-24-10-11-25-19)7-8-15(17)21(26)20-16-5-3-4-6-18(16)28-22(20)23/h3-8,10-11,13H,9,12H2,1-2H3,(H,24,25). The maximum Gasteiger partial charge on any atom is 0.197 e. The Morgan fingerprint density at radius 1 is 1.18 bits per heavy atom. The third kappa shape index (κ3) is 2.47. The largest absolute Gasteiger partial charge is 0.493 e. The Labute approximate surface area is 162 Å². The topological polar surface area (TPSA) is 68.1 Å². The number of ether oxygens (including phenoxy) is 1. The maximum atomic E-state index is 13.2. The predicted molar refractivity (Wildman–Crippen MR) is 106 cm³/mol. The van der Waals surface area contributed by atoms with Gasteiger partial charge in [0, 0.05) is 35.2 Å². The van der Waals surface area contributed by atoms with Crippen LogP contribution in [0.4, 0.5) is 0 Å². The number of nitrogens with zero attached hydrogens (tertiary/aromatic N) is 1. The van der Waals surface area contributed by atoms with E-state index in [4.69, 9.17) is 9.15 Å². The Morgan fingerprint density at radius 3 is 2.86 bits per heavy atom. The predicted octanol–water partition coefficient (Wildman–Crippen LogP) is 4.65. The van der Waals surface area contributed by atoms with E-state index in [9.17, 15) is 4.79 Å². The van der Waals surface area contributed by atoms with Gasteiger partial charge in [-0.05, 0) is 43.7 Å². The second kappa shape index (κ2) is 6.09. The van der Waals surface area contributed by atoms with Crippen molar-refractivity contribution in [1.29, 1.82) is 0 Å². The molecule has 5 heteroatoms. The summed E-state index contributed by atoms with van der Waals surface area (Å²) in [5.41, 5.74) is 2.64. The first kappa shape index (κ1) is 16.8. The van der Waals surface area contributed by atoms with E-state index in [1.54, 1.807) is 12.4 Å². The van der Waals surface area contributed by atoms with E-state index in [2.05, 4.69) is 23.8 Å². The number of rotatable bonds is 4. The van der Waals surface area contributed by atoms with Gasteiger partial charge in [0.15, 0.2) is 5.78 Å². The molecular weight excluding hydrogens is 352 g/mol. The third-order valence-electron chi connectivity index (χ3n) is 5.46. The van der Waals surface area contributed by atoms with Gasteiger partial charge in [0.05, 0.1) is 12.2 Å². The second-order valence-electron chi connectivity index (χ2n) is 7.60. The number of fused-ring (bicyclic) bond motifs is 4. The summed E-state index contributed by atoms with van der Waals surface area (Å²) in [4.78, 5) is 20.5. The molecule has 5 rings (SSSR count). The summed E-state index contributed by atoms with van der Waals surface area (Å²) in [5, 5.41) is 0.875. The van der Waals surface area contributed by atoms with Gasteiger partial charge in [0.2, 0.25) is 0 Å². The zero-order valence-electron chi connectivity index (χ0n) is 15.8. The van der Waals surface area contributed by atoms with Crippen LogP contribution in [0.15, 0.2) is 59.3 Å². The monoisotopic (exact) mass is 372 g/mol. The summed E-state index contributed by atoms with van der Waals surface area (Å²) in [6, 6.07) is 13.4. The van der Waals surface area contributed by atoms with Crippen molar-refractivity contribution in [2.45, 2.75) is 25.7 Å². The molecule has 2 aromatic carbocycles. The van der Waals surface area contributed by atoms with Gasteiger partial charge in [-0.15, -0.1) is 0 Å². The van der Waals surface area contributed by atoms with Crippen molar-refractivity contribution in [2.75, 3.05) is 6.61 Å². The average molecular weight is 372 g/mol. The molecule has 140 valence electrons. The fraction of sp³-hybridized carbons (Fsp3) is 0.217. The van der Waals surface area contributed by atoms with Crippen LogP contribution in [0.25, 0.3) is 11.0 Å². The van der Waals surface area contributed by atoms with E-state index in [0.717, 1.165) is 33.9 Å². The Balaban J connectivity index is 1.51. The first-order chi connectivity index (χ1) is 13.6. The minimum absolute atomic E-state index is 0.0106. The molecule has 0 aliphatic heterocycles. The highest BCUT2D eigenvalue weighted by Crippen LogP contribution is 2.46. The fourth-order valence-corrected chi connectivity index (χ4v) is 4.00. The molecule has 0 spiro atoms. The zero-order valence-corrected chi connectivity index (χ0v) is 15.8. The number of ketones is 1. The first-order valence-corrected chi connectivity index (χ1v) is 9.38. The lowest BCUT2D eigenvalue weighted by Crippen LogP contribution is -2.29. The summed E-state index contributed by atoms with van der Waals surface area (Å²) in [5.74, 6) is 2.36. The SMILES string of the molecule is CC1(C)c2cc(OCCc3ncc[nH]3)ccc2C(=O)c2c1oc1ccccc21. The lowest BCUT2D eigenvalue weighted by Gasteiger charge is -2.30. The molecule has 2 aromatic heterocycles. The van der Waals surface area contributed by atoms with Crippen molar-refractivity contribution in [3.8, 4) is 5.75 Å². The molecule has 0 bridgehead atoms. The number of benzene rings is 2. The molecule has 0 saturated carbocycles. The molecule has 1 aliphatic rings. The van der Waals surface area contributed by atoms with Crippen LogP contribution in [0.1, 0.15) is 46.9 Å². The van der Waals surface area contributed by atoms with Gasteiger partial charge in [-0.1, -0.05) is 18.2 Å².